The van der Waals surface area contributed by atoms with Crippen LogP contribution in [0.1, 0.15) is 129 Å². The van der Waals surface area contributed by atoms with E-state index in [2.05, 4.69) is 13.8 Å². The van der Waals surface area contributed by atoms with Crippen LogP contribution in [0.25, 0.3) is 0 Å². The van der Waals surface area contributed by atoms with Crippen molar-refractivity contribution in [1.29, 1.82) is 0 Å². The van der Waals surface area contributed by atoms with Crippen molar-refractivity contribution in [1.82, 2.24) is 0 Å². The van der Waals surface area contributed by atoms with E-state index in [1.807, 2.05) is 0 Å². The summed E-state index contributed by atoms with van der Waals surface area (Å²) in [5.41, 5.74) is -0.670. The second-order valence-electron chi connectivity index (χ2n) is 11.9. The molecule has 10 nitrogen and oxygen atoms in total. The first-order valence-electron chi connectivity index (χ1n) is 16.7. The van der Waals surface area contributed by atoms with Crippen LogP contribution in [0.15, 0.2) is 0 Å². The Kier molecular flexibility index (Phi) is 27.7. The van der Waals surface area contributed by atoms with Gasteiger partial charge in [0.05, 0.1) is 43.3 Å². The second kappa shape index (κ2) is 27.9. The normalized spacial score (nSPS) is 12.7. The van der Waals surface area contributed by atoms with Crippen molar-refractivity contribution in [3.8, 4) is 0 Å². The largest absolute Gasteiger partial charge is 0.381 e. The van der Waals surface area contributed by atoms with Gasteiger partial charge in [-0.05, 0) is 25.7 Å². The highest BCUT2D eigenvalue weighted by Crippen LogP contribution is 2.22. The highest BCUT2D eigenvalue weighted by atomic mass is 32.2. The molecule has 0 saturated heterocycles. The van der Waals surface area contributed by atoms with Crippen molar-refractivity contribution in [3.05, 3.63) is 0 Å². The lowest BCUT2D eigenvalue weighted by Gasteiger charge is -2.33. The second-order valence-corrected chi connectivity index (χ2v) is 15.1. The minimum atomic E-state index is -4.06. The summed E-state index contributed by atoms with van der Waals surface area (Å²) in [4.78, 5) is 0. The monoisotopic (exact) mass is 660 g/mol. The van der Waals surface area contributed by atoms with Crippen LogP contribution in [0.3, 0.4) is 0 Å². The zero-order chi connectivity index (χ0) is 32.1. The van der Waals surface area contributed by atoms with Crippen LogP contribution in [-0.4, -0.2) is 90.3 Å². The van der Waals surface area contributed by atoms with Gasteiger partial charge in [0.25, 0.3) is 20.2 Å². The third-order valence-corrected chi connectivity index (χ3v) is 8.91. The molecule has 12 heteroatoms. The van der Waals surface area contributed by atoms with Gasteiger partial charge in [0.2, 0.25) is 0 Å². The average Bonchev–Trinajstić information content (AvgIpc) is 2.93. The lowest BCUT2D eigenvalue weighted by atomic mass is 9.92. The molecular weight excluding hydrogens is 596 g/mol. The fraction of sp³-hybridized carbons (Fsp3) is 1.00. The molecule has 0 aromatic carbocycles. The molecule has 0 amide bonds. The Balaban J connectivity index is 4.94. The maximum Gasteiger partial charge on any atom is 0.264 e. The fourth-order valence-corrected chi connectivity index (χ4v) is 5.73. The topological polar surface area (TPSA) is 146 Å². The summed E-state index contributed by atoms with van der Waals surface area (Å²) in [6, 6.07) is 0. The molecule has 0 aliphatic heterocycles. The smallest absolute Gasteiger partial charge is 0.264 e. The predicted octanol–water partition coefficient (Wildman–Crippen LogP) is 6.88. The summed E-state index contributed by atoms with van der Waals surface area (Å²) < 4.78 is 86.2. The quantitative estimate of drug-likeness (QED) is 0.0553. The summed E-state index contributed by atoms with van der Waals surface area (Å²) in [6.45, 7) is 6.94. The Labute approximate surface area is 263 Å². The molecule has 0 atom stereocenters. The van der Waals surface area contributed by atoms with Crippen LogP contribution in [-0.2, 0) is 39.2 Å². The number of ether oxygens (including phenoxy) is 4. The minimum Gasteiger partial charge on any atom is -0.381 e. The van der Waals surface area contributed by atoms with Crippen LogP contribution < -0.4 is 0 Å². The van der Waals surface area contributed by atoms with E-state index >= 15 is 0 Å². The van der Waals surface area contributed by atoms with Gasteiger partial charge in [0, 0.05) is 26.4 Å². The van der Waals surface area contributed by atoms with Crippen LogP contribution in [0, 0.1) is 5.41 Å². The van der Waals surface area contributed by atoms with Crippen molar-refractivity contribution >= 4 is 20.2 Å². The Morgan fingerprint density at radius 3 is 0.953 bits per heavy atom. The number of hydrogen-bond donors (Lipinski definition) is 2. The molecule has 0 aromatic rings. The summed E-state index contributed by atoms with van der Waals surface area (Å²) in [6.07, 6.45) is 19.5. The highest BCUT2D eigenvalue weighted by molar-refractivity contribution is 7.86. The van der Waals surface area contributed by atoms with Crippen molar-refractivity contribution in [2.75, 3.05) is 64.4 Å². The van der Waals surface area contributed by atoms with E-state index in [4.69, 9.17) is 28.1 Å². The van der Waals surface area contributed by atoms with Gasteiger partial charge in [-0.25, -0.2) is 0 Å². The maximum absolute atomic E-state index is 11.1. The molecule has 0 aliphatic carbocycles. The van der Waals surface area contributed by atoms with E-state index in [1.54, 1.807) is 0 Å². The molecule has 0 aromatic heterocycles. The molecular formula is C31H64O10S2. The molecule has 0 rings (SSSR count). The summed E-state index contributed by atoms with van der Waals surface area (Å²) in [7, 11) is -8.12. The van der Waals surface area contributed by atoms with Crippen LogP contribution in [0.4, 0.5) is 0 Å². The van der Waals surface area contributed by atoms with Gasteiger partial charge in [-0.15, -0.1) is 0 Å². The van der Waals surface area contributed by atoms with Gasteiger partial charge in [0.1, 0.15) is 0 Å². The molecule has 260 valence electrons. The summed E-state index contributed by atoms with van der Waals surface area (Å²) in [5, 5.41) is 0. The zero-order valence-electron chi connectivity index (χ0n) is 27.3. The molecule has 0 heterocycles. The summed E-state index contributed by atoms with van der Waals surface area (Å²) >= 11 is 0. The maximum atomic E-state index is 11.1. The molecule has 0 aliphatic rings. The van der Waals surface area contributed by atoms with Gasteiger partial charge >= 0.3 is 0 Å². The number of hydrogen-bond acceptors (Lipinski definition) is 8. The number of unbranched alkanes of at least 4 members (excludes halogenated alkanes) is 14. The van der Waals surface area contributed by atoms with Gasteiger partial charge in [-0.2, -0.15) is 16.8 Å². The van der Waals surface area contributed by atoms with Crippen molar-refractivity contribution in [3.63, 3.8) is 0 Å². The van der Waals surface area contributed by atoms with Gasteiger partial charge in [-0.3, -0.25) is 9.11 Å². The zero-order valence-corrected chi connectivity index (χ0v) is 28.9. The summed E-state index contributed by atoms with van der Waals surface area (Å²) in [5.74, 6) is -0.758. The lowest BCUT2D eigenvalue weighted by Crippen LogP contribution is -2.42. The van der Waals surface area contributed by atoms with Crippen LogP contribution >= 0.6 is 0 Å². The number of rotatable bonds is 34. The molecule has 0 radical (unpaired) electrons. The SMILES string of the molecule is CCCCCCCCCCOCC(COCCCCCCCCCC)(COCCCS(=O)(=O)O)COCCCS(=O)(=O)O. The van der Waals surface area contributed by atoms with E-state index in [-0.39, 0.29) is 50.8 Å². The molecule has 2 N–H and O–H groups in total. The molecule has 0 bridgehead atoms. The molecule has 0 fully saturated rings. The Morgan fingerprint density at radius 2 is 0.674 bits per heavy atom. The van der Waals surface area contributed by atoms with E-state index in [0.29, 0.717) is 26.4 Å². The molecule has 0 unspecified atom stereocenters. The standard InChI is InChI=1S/C31H64O10S2/c1-3-5-7-9-11-13-15-17-21-38-27-31(29-40-23-19-25-42(32,33)34,30-41-24-20-26-43(35,36)37)28-39-22-18-16-14-12-10-8-6-4-2/h3-30H2,1-2H3,(H,32,33,34)(H,35,36,37). The van der Waals surface area contributed by atoms with Gasteiger partial charge in [-0.1, -0.05) is 104 Å². The first-order valence-corrected chi connectivity index (χ1v) is 20.0. The molecule has 43 heavy (non-hydrogen) atoms. The highest BCUT2D eigenvalue weighted by Gasteiger charge is 2.32. The van der Waals surface area contributed by atoms with E-state index in [0.717, 1.165) is 25.7 Å². The Hall–Kier alpha value is -0.340. The first-order chi connectivity index (χ1) is 20.5. The van der Waals surface area contributed by atoms with Crippen molar-refractivity contribution < 1.29 is 44.9 Å². The Morgan fingerprint density at radius 1 is 0.419 bits per heavy atom. The minimum absolute atomic E-state index is 0.139. The molecule has 0 spiro atoms. The van der Waals surface area contributed by atoms with E-state index < -0.39 is 25.7 Å². The van der Waals surface area contributed by atoms with E-state index in [9.17, 15) is 16.8 Å². The Bertz CT molecular complexity index is 750. The third kappa shape index (κ3) is 31.4. The predicted molar refractivity (Wildman–Crippen MR) is 173 cm³/mol. The van der Waals surface area contributed by atoms with Crippen LogP contribution in [0.2, 0.25) is 0 Å². The lowest BCUT2D eigenvalue weighted by molar-refractivity contribution is -0.107. The third-order valence-electron chi connectivity index (χ3n) is 7.30. The van der Waals surface area contributed by atoms with Gasteiger partial charge in [0.15, 0.2) is 0 Å². The van der Waals surface area contributed by atoms with Crippen molar-refractivity contribution in [2.45, 2.75) is 129 Å². The van der Waals surface area contributed by atoms with E-state index in [1.165, 1.54) is 77.0 Å². The van der Waals surface area contributed by atoms with Crippen LogP contribution in [0.5, 0.6) is 0 Å². The van der Waals surface area contributed by atoms with Crippen molar-refractivity contribution in [2.24, 2.45) is 5.41 Å². The average molecular weight is 661 g/mol. The fourth-order valence-electron chi connectivity index (χ4n) is 4.77. The van der Waals surface area contributed by atoms with Gasteiger partial charge < -0.3 is 18.9 Å². The first kappa shape index (κ1) is 42.7. The molecule has 0 saturated carbocycles.